The lowest BCUT2D eigenvalue weighted by Gasteiger charge is -2.18. The van der Waals surface area contributed by atoms with Crippen LogP contribution in [0.2, 0.25) is 0 Å². The maximum absolute atomic E-state index is 8.66. The molecule has 66 valence electrons. The van der Waals surface area contributed by atoms with Crippen LogP contribution in [-0.2, 0) is 0 Å². The second kappa shape index (κ2) is 7.72. The predicted octanol–water partition coefficient (Wildman–Crippen LogP) is -0.184. The van der Waals surface area contributed by atoms with Gasteiger partial charge in [0.05, 0.1) is 6.61 Å². The van der Waals surface area contributed by atoms with Crippen molar-refractivity contribution < 1.29 is 5.11 Å². The Hall–Kier alpha value is -0.380. The number of hydrogen-bond donors (Lipinski definition) is 2. The molecule has 3 N–H and O–H groups in total. The van der Waals surface area contributed by atoms with Gasteiger partial charge in [-0.05, 0) is 19.5 Å². The number of hydrogen-bond acceptors (Lipinski definition) is 3. The van der Waals surface area contributed by atoms with Gasteiger partial charge in [-0.25, -0.2) is 0 Å². The quantitative estimate of drug-likeness (QED) is 0.505. The third-order valence-corrected chi connectivity index (χ3v) is 1.48. The van der Waals surface area contributed by atoms with E-state index < -0.39 is 0 Å². The van der Waals surface area contributed by atoms with E-state index in [-0.39, 0.29) is 6.61 Å². The Labute approximate surface area is 68.5 Å². The molecule has 0 saturated heterocycles. The highest BCUT2D eigenvalue weighted by molar-refractivity contribution is 4.73. The molecule has 0 bridgehead atoms. The first-order chi connectivity index (χ1) is 5.35. The van der Waals surface area contributed by atoms with Crippen molar-refractivity contribution in [2.45, 2.75) is 6.42 Å². The minimum atomic E-state index is 0.207. The number of nitrogens with zero attached hydrogens (tertiary/aromatic N) is 1. The minimum absolute atomic E-state index is 0.207. The number of aliphatic hydroxyl groups excluding tert-OH is 1. The first-order valence-corrected chi connectivity index (χ1v) is 3.99. The second-order valence-corrected chi connectivity index (χ2v) is 2.46. The zero-order chi connectivity index (χ0) is 8.53. The lowest BCUT2D eigenvalue weighted by molar-refractivity contribution is 0.208. The SMILES string of the molecule is C=CCN(CCO)CCCN. The topological polar surface area (TPSA) is 49.5 Å². The van der Waals surface area contributed by atoms with E-state index in [0.717, 1.165) is 19.5 Å². The lowest BCUT2D eigenvalue weighted by atomic mass is 10.3. The normalized spacial score (nSPS) is 10.5. The molecule has 0 unspecified atom stereocenters. The molecule has 0 heterocycles. The molecule has 0 aliphatic rings. The van der Waals surface area contributed by atoms with Gasteiger partial charge in [0.1, 0.15) is 0 Å². The van der Waals surface area contributed by atoms with Gasteiger partial charge in [0.25, 0.3) is 0 Å². The van der Waals surface area contributed by atoms with Gasteiger partial charge in [-0.3, -0.25) is 4.90 Å². The molecule has 3 nitrogen and oxygen atoms in total. The summed E-state index contributed by atoms with van der Waals surface area (Å²) in [5, 5.41) is 8.66. The van der Waals surface area contributed by atoms with Crippen LogP contribution in [0.4, 0.5) is 0 Å². The van der Waals surface area contributed by atoms with Crippen molar-refractivity contribution in [3.05, 3.63) is 12.7 Å². The molecule has 0 fully saturated rings. The van der Waals surface area contributed by atoms with Gasteiger partial charge in [-0.1, -0.05) is 6.08 Å². The predicted molar refractivity (Wildman–Crippen MR) is 47.4 cm³/mol. The molecule has 0 aromatic carbocycles. The fraction of sp³-hybridized carbons (Fsp3) is 0.750. The molecule has 11 heavy (non-hydrogen) atoms. The van der Waals surface area contributed by atoms with E-state index in [4.69, 9.17) is 10.8 Å². The van der Waals surface area contributed by atoms with Crippen LogP contribution in [0.25, 0.3) is 0 Å². The summed E-state index contributed by atoms with van der Waals surface area (Å²) in [5.41, 5.74) is 5.35. The van der Waals surface area contributed by atoms with Gasteiger partial charge in [-0.2, -0.15) is 0 Å². The van der Waals surface area contributed by atoms with Crippen molar-refractivity contribution in [1.82, 2.24) is 4.90 Å². The summed E-state index contributed by atoms with van der Waals surface area (Å²) in [7, 11) is 0. The van der Waals surface area contributed by atoms with Gasteiger partial charge in [0, 0.05) is 13.1 Å². The van der Waals surface area contributed by atoms with E-state index in [0.29, 0.717) is 13.1 Å². The van der Waals surface area contributed by atoms with Crippen LogP contribution in [0, 0.1) is 0 Å². The molecular formula is C8H18N2O. The van der Waals surface area contributed by atoms with Gasteiger partial charge < -0.3 is 10.8 Å². The minimum Gasteiger partial charge on any atom is -0.395 e. The van der Waals surface area contributed by atoms with Crippen molar-refractivity contribution in [3.63, 3.8) is 0 Å². The van der Waals surface area contributed by atoms with Gasteiger partial charge in [0.15, 0.2) is 0 Å². The summed E-state index contributed by atoms with van der Waals surface area (Å²) < 4.78 is 0. The van der Waals surface area contributed by atoms with Crippen molar-refractivity contribution in [3.8, 4) is 0 Å². The van der Waals surface area contributed by atoms with Crippen LogP contribution in [0.3, 0.4) is 0 Å². The van der Waals surface area contributed by atoms with Gasteiger partial charge >= 0.3 is 0 Å². The average Bonchev–Trinajstić information content (AvgIpc) is 2.01. The number of nitrogens with two attached hydrogens (primary N) is 1. The molecule has 0 radical (unpaired) electrons. The molecule has 0 atom stereocenters. The maximum atomic E-state index is 8.66. The van der Waals surface area contributed by atoms with E-state index in [1.165, 1.54) is 0 Å². The maximum Gasteiger partial charge on any atom is 0.0558 e. The smallest absolute Gasteiger partial charge is 0.0558 e. The summed E-state index contributed by atoms with van der Waals surface area (Å²) in [6, 6.07) is 0. The number of aliphatic hydroxyl groups is 1. The Morgan fingerprint density at radius 2 is 2.18 bits per heavy atom. The third-order valence-electron chi connectivity index (χ3n) is 1.48. The fourth-order valence-electron chi connectivity index (χ4n) is 0.933. The molecule has 0 spiro atoms. The highest BCUT2D eigenvalue weighted by Crippen LogP contribution is 1.89. The van der Waals surface area contributed by atoms with Crippen LogP contribution in [-0.4, -0.2) is 42.8 Å². The Morgan fingerprint density at radius 3 is 2.64 bits per heavy atom. The zero-order valence-electron chi connectivity index (χ0n) is 7.00. The van der Waals surface area contributed by atoms with E-state index in [9.17, 15) is 0 Å². The van der Waals surface area contributed by atoms with Crippen molar-refractivity contribution in [2.75, 3.05) is 32.8 Å². The largest absolute Gasteiger partial charge is 0.395 e. The molecule has 0 aromatic rings. The summed E-state index contributed by atoms with van der Waals surface area (Å²) in [4.78, 5) is 2.12. The van der Waals surface area contributed by atoms with Crippen LogP contribution < -0.4 is 5.73 Å². The van der Waals surface area contributed by atoms with Crippen molar-refractivity contribution in [2.24, 2.45) is 5.73 Å². The highest BCUT2D eigenvalue weighted by Gasteiger charge is 1.99. The standard InChI is InChI=1S/C8H18N2O/c1-2-5-10(7-8-11)6-3-4-9/h2,11H,1,3-9H2. The van der Waals surface area contributed by atoms with E-state index in [2.05, 4.69) is 11.5 Å². The van der Waals surface area contributed by atoms with Gasteiger partial charge in [0.2, 0.25) is 0 Å². The highest BCUT2D eigenvalue weighted by atomic mass is 16.3. The zero-order valence-corrected chi connectivity index (χ0v) is 7.00. The summed E-state index contributed by atoms with van der Waals surface area (Å²) >= 11 is 0. The molecule has 3 heteroatoms. The van der Waals surface area contributed by atoms with Crippen LogP contribution >= 0.6 is 0 Å². The summed E-state index contributed by atoms with van der Waals surface area (Å²) in [6.45, 7) is 7.05. The molecule has 0 aliphatic heterocycles. The fourth-order valence-corrected chi connectivity index (χ4v) is 0.933. The summed E-state index contributed by atoms with van der Waals surface area (Å²) in [5.74, 6) is 0. The second-order valence-electron chi connectivity index (χ2n) is 2.46. The Kier molecular flexibility index (Phi) is 7.46. The third kappa shape index (κ3) is 6.04. The average molecular weight is 158 g/mol. The van der Waals surface area contributed by atoms with Crippen molar-refractivity contribution in [1.29, 1.82) is 0 Å². The van der Waals surface area contributed by atoms with Crippen molar-refractivity contribution >= 4 is 0 Å². The Bertz CT molecular complexity index is 96.1. The Balaban J connectivity index is 3.41. The van der Waals surface area contributed by atoms with E-state index in [1.54, 1.807) is 0 Å². The van der Waals surface area contributed by atoms with Crippen LogP contribution in [0.1, 0.15) is 6.42 Å². The van der Waals surface area contributed by atoms with Crippen LogP contribution in [0.5, 0.6) is 0 Å². The molecule has 0 aliphatic carbocycles. The van der Waals surface area contributed by atoms with Crippen LogP contribution in [0.15, 0.2) is 12.7 Å². The van der Waals surface area contributed by atoms with E-state index >= 15 is 0 Å². The molecule has 0 rings (SSSR count). The first kappa shape index (κ1) is 10.6. The summed E-state index contributed by atoms with van der Waals surface area (Å²) in [6.07, 6.45) is 2.82. The molecular weight excluding hydrogens is 140 g/mol. The Morgan fingerprint density at radius 1 is 1.45 bits per heavy atom. The molecule has 0 amide bonds. The van der Waals surface area contributed by atoms with E-state index in [1.807, 2.05) is 6.08 Å². The lowest BCUT2D eigenvalue weighted by Crippen LogP contribution is -2.29. The molecule has 0 aromatic heterocycles. The first-order valence-electron chi connectivity index (χ1n) is 3.99. The monoisotopic (exact) mass is 158 g/mol. The van der Waals surface area contributed by atoms with Gasteiger partial charge in [-0.15, -0.1) is 6.58 Å². The number of rotatable bonds is 7. The molecule has 0 saturated carbocycles.